The number of hydrogen-bond donors (Lipinski definition) is 2. The van der Waals surface area contributed by atoms with Gasteiger partial charge in [0.15, 0.2) is 20.6 Å². The van der Waals surface area contributed by atoms with E-state index < -0.39 is 0 Å². The summed E-state index contributed by atoms with van der Waals surface area (Å²) in [7, 11) is 0. The molecule has 0 atom stereocenters. The molecule has 1 aromatic carbocycles. The van der Waals surface area contributed by atoms with Gasteiger partial charge in [0.05, 0.1) is 0 Å². The van der Waals surface area contributed by atoms with Crippen molar-refractivity contribution in [1.82, 2.24) is 19.9 Å². The molecule has 134 valence electrons. The van der Waals surface area contributed by atoms with Gasteiger partial charge in [-0.3, -0.25) is 4.79 Å². The molecule has 0 spiro atoms. The summed E-state index contributed by atoms with van der Waals surface area (Å²) in [5, 5.41) is 3.16. The molecular weight excluding hydrogens is 422 g/mol. The van der Waals surface area contributed by atoms with E-state index in [1.54, 1.807) is 24.3 Å². The fourth-order valence-corrected chi connectivity index (χ4v) is 2.30. The maximum atomic E-state index is 11.8. The Morgan fingerprint density at radius 1 is 0.808 bits per heavy atom. The molecule has 0 aliphatic rings. The smallest absolute Gasteiger partial charge is 0.255 e. The Kier molecular flexibility index (Phi) is 7.35. The number of nitrogen functional groups attached to an aromatic ring is 1. The summed E-state index contributed by atoms with van der Waals surface area (Å²) in [4.78, 5) is 26.5. The van der Waals surface area contributed by atoms with Crippen LogP contribution in [0, 0.1) is 0 Å². The van der Waals surface area contributed by atoms with Crippen LogP contribution in [0.15, 0.2) is 43.0 Å². The molecular formula is C15H10Cl4N6O. The van der Waals surface area contributed by atoms with Crippen molar-refractivity contribution < 1.29 is 4.79 Å². The number of halogens is 4. The van der Waals surface area contributed by atoms with E-state index in [0.29, 0.717) is 5.56 Å². The third kappa shape index (κ3) is 5.40. The summed E-state index contributed by atoms with van der Waals surface area (Å²) in [5.74, 6) is -0.316. The van der Waals surface area contributed by atoms with Gasteiger partial charge in [0.25, 0.3) is 5.91 Å². The first kappa shape index (κ1) is 20.1. The largest absolute Gasteiger partial charge is 0.394 e. The SMILES string of the molecule is Nc1c(Cl)ncnc1Cl.O=C(Nc1c(Cl)ncnc1Cl)c1ccccc1. The predicted octanol–water partition coefficient (Wildman–Crippen LogP) is 4.40. The Morgan fingerprint density at radius 3 is 1.73 bits per heavy atom. The van der Waals surface area contributed by atoms with Crippen LogP contribution in [0.4, 0.5) is 11.4 Å². The van der Waals surface area contributed by atoms with Gasteiger partial charge in [-0.2, -0.15) is 0 Å². The predicted molar refractivity (Wildman–Crippen MR) is 103 cm³/mol. The van der Waals surface area contributed by atoms with Gasteiger partial charge in [0.1, 0.15) is 24.0 Å². The van der Waals surface area contributed by atoms with Crippen molar-refractivity contribution in [2.24, 2.45) is 0 Å². The van der Waals surface area contributed by atoms with Crippen molar-refractivity contribution in [3.05, 3.63) is 69.2 Å². The van der Waals surface area contributed by atoms with Crippen LogP contribution in [0.2, 0.25) is 20.6 Å². The molecule has 1 amide bonds. The first-order valence-corrected chi connectivity index (χ1v) is 8.35. The highest BCUT2D eigenvalue weighted by Crippen LogP contribution is 2.26. The number of amides is 1. The highest BCUT2D eigenvalue weighted by atomic mass is 35.5. The van der Waals surface area contributed by atoms with Crippen LogP contribution in [-0.2, 0) is 0 Å². The third-order valence-corrected chi connectivity index (χ3v) is 3.99. The molecule has 0 fully saturated rings. The third-order valence-electron chi connectivity index (χ3n) is 2.82. The summed E-state index contributed by atoms with van der Waals surface area (Å²) >= 11 is 22.5. The molecule has 0 aliphatic carbocycles. The van der Waals surface area contributed by atoms with Crippen molar-refractivity contribution in [3.8, 4) is 0 Å². The molecule has 3 rings (SSSR count). The molecule has 0 unspecified atom stereocenters. The highest BCUT2D eigenvalue weighted by molar-refractivity contribution is 6.38. The van der Waals surface area contributed by atoms with E-state index in [1.807, 2.05) is 6.07 Å². The monoisotopic (exact) mass is 430 g/mol. The van der Waals surface area contributed by atoms with E-state index in [4.69, 9.17) is 52.1 Å². The standard InChI is InChI=1S/C11H7Cl2N3O.C4H3Cl2N3/c12-9-8(10(13)15-6-14-9)16-11(17)7-4-2-1-3-5-7;5-3-2(7)4(6)9-1-8-3/h1-6H,(H,16,17);1H,7H2. The Balaban J connectivity index is 0.000000228. The Labute approximate surface area is 168 Å². The summed E-state index contributed by atoms with van der Waals surface area (Å²) < 4.78 is 0. The molecule has 11 heteroatoms. The minimum atomic E-state index is -0.316. The van der Waals surface area contributed by atoms with E-state index in [-0.39, 0.29) is 37.9 Å². The maximum Gasteiger partial charge on any atom is 0.255 e. The number of benzene rings is 1. The normalized spacial score (nSPS) is 9.85. The molecule has 2 heterocycles. The maximum absolute atomic E-state index is 11.8. The van der Waals surface area contributed by atoms with Crippen molar-refractivity contribution >= 4 is 63.7 Å². The second-order valence-electron chi connectivity index (χ2n) is 4.52. The number of hydrogen-bond acceptors (Lipinski definition) is 6. The number of carbonyl (C=O) groups is 1. The lowest BCUT2D eigenvalue weighted by atomic mass is 10.2. The van der Waals surface area contributed by atoms with Gasteiger partial charge in [-0.15, -0.1) is 0 Å². The summed E-state index contributed by atoms with van der Waals surface area (Å²) in [6.45, 7) is 0. The summed E-state index contributed by atoms with van der Waals surface area (Å²) in [6, 6.07) is 8.71. The number of aromatic nitrogens is 4. The number of carbonyl (C=O) groups excluding carboxylic acids is 1. The highest BCUT2D eigenvalue weighted by Gasteiger charge is 2.12. The minimum Gasteiger partial charge on any atom is -0.394 e. The van der Waals surface area contributed by atoms with E-state index in [1.165, 1.54) is 12.7 Å². The van der Waals surface area contributed by atoms with Crippen molar-refractivity contribution in [2.45, 2.75) is 0 Å². The number of nitrogens with one attached hydrogen (secondary N) is 1. The zero-order valence-electron chi connectivity index (χ0n) is 12.8. The Morgan fingerprint density at radius 2 is 1.27 bits per heavy atom. The van der Waals surface area contributed by atoms with Crippen LogP contribution in [0.25, 0.3) is 0 Å². The second kappa shape index (κ2) is 9.49. The lowest BCUT2D eigenvalue weighted by Crippen LogP contribution is -2.13. The first-order valence-electron chi connectivity index (χ1n) is 6.84. The van der Waals surface area contributed by atoms with E-state index in [9.17, 15) is 4.79 Å². The fourth-order valence-electron chi connectivity index (χ4n) is 1.58. The first-order chi connectivity index (χ1) is 12.4. The summed E-state index contributed by atoms with van der Waals surface area (Å²) in [6.07, 6.45) is 2.48. The van der Waals surface area contributed by atoms with Gasteiger partial charge in [-0.05, 0) is 12.1 Å². The van der Waals surface area contributed by atoms with E-state index in [0.717, 1.165) is 0 Å². The van der Waals surface area contributed by atoms with Crippen molar-refractivity contribution in [2.75, 3.05) is 11.1 Å². The lowest BCUT2D eigenvalue weighted by Gasteiger charge is -2.07. The molecule has 26 heavy (non-hydrogen) atoms. The Bertz CT molecular complexity index is 869. The van der Waals surface area contributed by atoms with Crippen LogP contribution in [0.1, 0.15) is 10.4 Å². The molecule has 0 saturated heterocycles. The number of anilines is 2. The van der Waals surface area contributed by atoms with Gasteiger partial charge >= 0.3 is 0 Å². The quantitative estimate of drug-likeness (QED) is 0.582. The zero-order valence-corrected chi connectivity index (χ0v) is 15.9. The van der Waals surface area contributed by atoms with Crippen molar-refractivity contribution in [1.29, 1.82) is 0 Å². The van der Waals surface area contributed by atoms with Crippen molar-refractivity contribution in [3.63, 3.8) is 0 Å². The molecule has 0 radical (unpaired) electrons. The number of nitrogens with two attached hydrogens (primary N) is 1. The van der Waals surface area contributed by atoms with Gasteiger partial charge in [0.2, 0.25) is 0 Å². The lowest BCUT2D eigenvalue weighted by molar-refractivity contribution is 0.102. The van der Waals surface area contributed by atoms with Gasteiger partial charge in [-0.1, -0.05) is 64.6 Å². The molecule has 0 aliphatic heterocycles. The molecule has 3 aromatic rings. The molecule has 3 N–H and O–H groups in total. The van der Waals surface area contributed by atoms with Crippen LogP contribution in [0.5, 0.6) is 0 Å². The number of rotatable bonds is 2. The van der Waals surface area contributed by atoms with E-state index in [2.05, 4.69) is 25.3 Å². The molecule has 0 bridgehead atoms. The van der Waals surface area contributed by atoms with Crippen LogP contribution < -0.4 is 11.1 Å². The van der Waals surface area contributed by atoms with Gasteiger partial charge in [-0.25, -0.2) is 19.9 Å². The average molecular weight is 432 g/mol. The molecule has 7 nitrogen and oxygen atoms in total. The second-order valence-corrected chi connectivity index (χ2v) is 5.95. The van der Waals surface area contributed by atoms with E-state index >= 15 is 0 Å². The van der Waals surface area contributed by atoms with Gasteiger partial charge < -0.3 is 11.1 Å². The summed E-state index contributed by atoms with van der Waals surface area (Å²) in [5.41, 5.74) is 6.23. The fraction of sp³-hybridized carbons (Fsp3) is 0. The molecule has 0 saturated carbocycles. The number of nitrogens with zero attached hydrogens (tertiary/aromatic N) is 4. The van der Waals surface area contributed by atoms with Gasteiger partial charge in [0, 0.05) is 5.56 Å². The van der Waals surface area contributed by atoms with Crippen LogP contribution >= 0.6 is 46.4 Å². The molecule has 2 aromatic heterocycles. The Hall–Kier alpha value is -2.19. The average Bonchev–Trinajstić information content (AvgIpc) is 2.64. The van der Waals surface area contributed by atoms with Crippen LogP contribution in [-0.4, -0.2) is 25.8 Å². The minimum absolute atomic E-state index is 0.106. The zero-order chi connectivity index (χ0) is 19.1. The van der Waals surface area contributed by atoms with Crippen LogP contribution in [0.3, 0.4) is 0 Å². The topological polar surface area (TPSA) is 107 Å².